The average molecular weight is 470 g/mol. The Balaban J connectivity index is 1.64. The van der Waals surface area contributed by atoms with Crippen molar-refractivity contribution < 1.29 is 17.9 Å². The molecule has 0 saturated heterocycles. The summed E-state index contributed by atoms with van der Waals surface area (Å²) in [5, 5.41) is 8.19. The molecular weight excluding hydrogens is 446 g/mol. The van der Waals surface area contributed by atoms with Crippen LogP contribution in [-0.2, 0) is 10.0 Å². The Morgan fingerprint density at radius 2 is 1.97 bits per heavy atom. The van der Waals surface area contributed by atoms with Crippen LogP contribution in [0.2, 0.25) is 0 Å². The lowest BCUT2D eigenvalue weighted by atomic mass is 10.0. The van der Waals surface area contributed by atoms with Crippen molar-refractivity contribution in [1.82, 2.24) is 5.01 Å². The molecular formula is C23H23N3O4S2. The van der Waals surface area contributed by atoms with Crippen molar-refractivity contribution in [2.75, 3.05) is 17.6 Å². The lowest BCUT2D eigenvalue weighted by Gasteiger charge is -2.20. The van der Waals surface area contributed by atoms with E-state index in [4.69, 9.17) is 4.74 Å². The number of carbonyl (C=O) groups is 1. The summed E-state index contributed by atoms with van der Waals surface area (Å²) in [5.41, 5.74) is 2.60. The fourth-order valence-electron chi connectivity index (χ4n) is 3.45. The van der Waals surface area contributed by atoms with Gasteiger partial charge in [-0.3, -0.25) is 9.52 Å². The van der Waals surface area contributed by atoms with E-state index in [0.29, 0.717) is 23.4 Å². The first-order chi connectivity index (χ1) is 15.4. The van der Waals surface area contributed by atoms with Gasteiger partial charge in [-0.05, 0) is 54.3 Å². The Morgan fingerprint density at radius 1 is 1.19 bits per heavy atom. The minimum absolute atomic E-state index is 0.00525. The van der Waals surface area contributed by atoms with E-state index in [1.165, 1.54) is 5.01 Å². The Hall–Kier alpha value is -3.17. The highest BCUT2D eigenvalue weighted by molar-refractivity contribution is 7.92. The van der Waals surface area contributed by atoms with Crippen molar-refractivity contribution in [3.63, 3.8) is 0 Å². The van der Waals surface area contributed by atoms with Gasteiger partial charge in [-0.2, -0.15) is 5.10 Å². The number of nitrogens with zero attached hydrogens (tertiary/aromatic N) is 2. The van der Waals surface area contributed by atoms with Crippen molar-refractivity contribution in [2.24, 2.45) is 5.10 Å². The van der Waals surface area contributed by atoms with E-state index in [0.717, 1.165) is 16.2 Å². The van der Waals surface area contributed by atoms with Crippen LogP contribution in [0.5, 0.6) is 5.75 Å². The number of rotatable bonds is 7. The third kappa shape index (κ3) is 4.68. The molecule has 1 atom stereocenters. The molecule has 1 N–H and O–H groups in total. The molecule has 1 aromatic heterocycles. The first-order valence-corrected chi connectivity index (χ1v) is 12.6. The molecule has 4 rings (SSSR count). The first-order valence-electron chi connectivity index (χ1n) is 10.1. The van der Waals surface area contributed by atoms with Crippen LogP contribution in [0.1, 0.15) is 40.2 Å². The Kier molecular flexibility index (Phi) is 6.29. The smallest absolute Gasteiger partial charge is 0.274 e. The SMILES string of the molecule is CCS(=O)(=O)Nc1ccc(C2=NN(C(=O)c3cccc(OC)c3)C(c3cccs3)C2)cc1. The largest absolute Gasteiger partial charge is 0.497 e. The van der Waals surface area contributed by atoms with E-state index in [9.17, 15) is 13.2 Å². The number of ether oxygens (including phenoxy) is 1. The molecule has 0 saturated carbocycles. The highest BCUT2D eigenvalue weighted by atomic mass is 32.2. The summed E-state index contributed by atoms with van der Waals surface area (Å²) in [4.78, 5) is 14.4. The monoisotopic (exact) mass is 469 g/mol. The lowest BCUT2D eigenvalue weighted by Crippen LogP contribution is -2.26. The molecule has 7 nitrogen and oxygen atoms in total. The molecule has 1 aliphatic rings. The number of nitrogens with one attached hydrogen (secondary N) is 1. The van der Waals surface area contributed by atoms with Crippen molar-refractivity contribution in [1.29, 1.82) is 0 Å². The third-order valence-electron chi connectivity index (χ3n) is 5.18. The number of hydrazone groups is 1. The average Bonchev–Trinajstić information content (AvgIpc) is 3.49. The maximum absolute atomic E-state index is 13.3. The van der Waals surface area contributed by atoms with E-state index < -0.39 is 10.0 Å². The maximum atomic E-state index is 13.3. The fraction of sp³-hybridized carbons (Fsp3) is 0.217. The predicted octanol–water partition coefficient (Wildman–Crippen LogP) is 4.51. The summed E-state index contributed by atoms with van der Waals surface area (Å²) in [5.74, 6) is 0.410. The molecule has 0 radical (unpaired) electrons. The van der Waals surface area contributed by atoms with E-state index in [2.05, 4.69) is 9.82 Å². The number of carbonyl (C=O) groups excluding carboxylic acids is 1. The third-order valence-corrected chi connectivity index (χ3v) is 7.46. The van der Waals surface area contributed by atoms with Crippen LogP contribution >= 0.6 is 11.3 Å². The second-order valence-corrected chi connectivity index (χ2v) is 10.2. The van der Waals surface area contributed by atoms with Crippen LogP contribution in [0.3, 0.4) is 0 Å². The van der Waals surface area contributed by atoms with E-state index >= 15 is 0 Å². The fourth-order valence-corrected chi connectivity index (χ4v) is 4.90. The van der Waals surface area contributed by atoms with Gasteiger partial charge in [0.05, 0.1) is 24.6 Å². The summed E-state index contributed by atoms with van der Waals surface area (Å²) < 4.78 is 31.4. The first kappa shape index (κ1) is 22.0. The van der Waals surface area contributed by atoms with Gasteiger partial charge in [0.25, 0.3) is 5.91 Å². The number of thiophene rings is 1. The molecule has 2 aromatic carbocycles. The number of hydrogen-bond acceptors (Lipinski definition) is 6. The van der Waals surface area contributed by atoms with E-state index in [1.807, 2.05) is 29.6 Å². The number of amides is 1. The highest BCUT2D eigenvalue weighted by Crippen LogP contribution is 2.36. The zero-order valence-corrected chi connectivity index (χ0v) is 19.3. The van der Waals surface area contributed by atoms with E-state index in [-0.39, 0.29) is 17.7 Å². The van der Waals surface area contributed by atoms with Crippen LogP contribution < -0.4 is 9.46 Å². The minimum atomic E-state index is -3.34. The standard InChI is InChI=1S/C23H23N3O4S2/c1-3-32(28,29)25-18-11-9-16(10-12-18)20-15-21(22-8-5-13-31-22)26(24-20)23(27)17-6-4-7-19(14-17)30-2/h4-14,21,25H,3,15H2,1-2H3. The van der Waals surface area contributed by atoms with Gasteiger partial charge in [0, 0.05) is 22.5 Å². The highest BCUT2D eigenvalue weighted by Gasteiger charge is 2.34. The van der Waals surface area contributed by atoms with Crippen molar-refractivity contribution >= 4 is 38.7 Å². The van der Waals surface area contributed by atoms with Crippen LogP contribution in [0, 0.1) is 0 Å². The summed E-state index contributed by atoms with van der Waals surface area (Å²) in [6.45, 7) is 1.59. The topological polar surface area (TPSA) is 88.1 Å². The van der Waals surface area contributed by atoms with Gasteiger partial charge in [-0.1, -0.05) is 24.3 Å². The zero-order chi connectivity index (χ0) is 22.7. The summed E-state index contributed by atoms with van der Waals surface area (Å²) in [7, 11) is -1.78. The molecule has 1 unspecified atom stereocenters. The maximum Gasteiger partial charge on any atom is 0.274 e. The van der Waals surface area contributed by atoms with Crippen molar-refractivity contribution in [3.8, 4) is 5.75 Å². The van der Waals surface area contributed by atoms with Crippen LogP contribution in [0.25, 0.3) is 0 Å². The van der Waals surface area contributed by atoms with Crippen LogP contribution in [0.4, 0.5) is 5.69 Å². The van der Waals surface area contributed by atoms with Gasteiger partial charge in [-0.15, -0.1) is 11.3 Å². The lowest BCUT2D eigenvalue weighted by molar-refractivity contribution is 0.0713. The molecule has 3 aromatic rings. The molecule has 0 fully saturated rings. The Morgan fingerprint density at radius 3 is 2.62 bits per heavy atom. The summed E-state index contributed by atoms with van der Waals surface area (Å²) >= 11 is 1.58. The zero-order valence-electron chi connectivity index (χ0n) is 17.7. The molecule has 0 bridgehead atoms. The summed E-state index contributed by atoms with van der Waals surface area (Å²) in [6, 6.07) is 17.8. The van der Waals surface area contributed by atoms with Crippen molar-refractivity contribution in [3.05, 3.63) is 82.0 Å². The second-order valence-electron chi connectivity index (χ2n) is 7.25. The van der Waals surface area contributed by atoms with Crippen LogP contribution in [-0.4, -0.2) is 37.9 Å². The number of anilines is 1. The molecule has 32 heavy (non-hydrogen) atoms. The normalized spacial score (nSPS) is 16.0. The number of benzene rings is 2. The number of hydrogen-bond donors (Lipinski definition) is 1. The molecule has 1 aliphatic heterocycles. The second kappa shape index (κ2) is 9.13. The van der Waals surface area contributed by atoms with Gasteiger partial charge >= 0.3 is 0 Å². The molecule has 2 heterocycles. The number of sulfonamides is 1. The predicted molar refractivity (Wildman–Crippen MR) is 127 cm³/mol. The molecule has 9 heteroatoms. The quantitative estimate of drug-likeness (QED) is 0.551. The minimum Gasteiger partial charge on any atom is -0.497 e. The van der Waals surface area contributed by atoms with Gasteiger partial charge in [0.15, 0.2) is 0 Å². The van der Waals surface area contributed by atoms with Crippen LogP contribution in [0.15, 0.2) is 71.1 Å². The Bertz CT molecular complexity index is 1240. The van der Waals surface area contributed by atoms with E-state index in [1.54, 1.807) is 61.8 Å². The van der Waals surface area contributed by atoms with Gasteiger partial charge in [-0.25, -0.2) is 13.4 Å². The van der Waals surface area contributed by atoms with Crippen molar-refractivity contribution in [2.45, 2.75) is 19.4 Å². The Labute approximate surface area is 191 Å². The molecule has 0 aliphatic carbocycles. The molecule has 0 spiro atoms. The summed E-state index contributed by atoms with van der Waals surface area (Å²) in [6.07, 6.45) is 0.566. The molecule has 166 valence electrons. The molecule has 1 amide bonds. The number of methoxy groups -OCH3 is 1. The van der Waals surface area contributed by atoms with Gasteiger partial charge in [0.2, 0.25) is 10.0 Å². The van der Waals surface area contributed by atoms with Gasteiger partial charge in [0.1, 0.15) is 5.75 Å². The van der Waals surface area contributed by atoms with Gasteiger partial charge < -0.3 is 4.74 Å².